The number of nitrogens with one attached hydrogen (secondary N) is 1. The van der Waals surface area contributed by atoms with Crippen LogP contribution in [0.2, 0.25) is 0 Å². The summed E-state index contributed by atoms with van der Waals surface area (Å²) in [7, 11) is 0. The van der Waals surface area contributed by atoms with Gasteiger partial charge in [-0.3, -0.25) is 9.48 Å². The van der Waals surface area contributed by atoms with Crippen LogP contribution in [0.1, 0.15) is 45.7 Å². The van der Waals surface area contributed by atoms with Crippen molar-refractivity contribution >= 4 is 5.91 Å². The molecule has 120 valence electrons. The molecule has 1 rings (SSSR count). The Hall–Kier alpha value is -1.57. The van der Waals surface area contributed by atoms with E-state index in [1.165, 1.54) is 4.68 Å². The van der Waals surface area contributed by atoms with E-state index in [4.69, 9.17) is 5.73 Å². The highest BCUT2D eigenvalue weighted by Gasteiger charge is 2.36. The minimum Gasteiger partial charge on any atom is -0.368 e. The Kier molecular flexibility index (Phi) is 5.03. The van der Waals surface area contributed by atoms with Crippen molar-refractivity contribution in [2.24, 2.45) is 5.73 Å². The molecular formula is C13H21F3N4O. The topological polar surface area (TPSA) is 72.9 Å². The SMILES string of the molecule is CC(C)NC(C)(CC(C)n1cc(C(F)(F)F)cn1)C(N)=O. The molecule has 21 heavy (non-hydrogen) atoms. The van der Waals surface area contributed by atoms with Gasteiger partial charge in [0, 0.05) is 12.2 Å². The zero-order valence-corrected chi connectivity index (χ0v) is 12.5. The van der Waals surface area contributed by atoms with Gasteiger partial charge in [-0.2, -0.15) is 18.3 Å². The van der Waals surface area contributed by atoms with Gasteiger partial charge in [0.15, 0.2) is 0 Å². The average molecular weight is 306 g/mol. The summed E-state index contributed by atoms with van der Waals surface area (Å²) in [4.78, 5) is 11.6. The fourth-order valence-electron chi connectivity index (χ4n) is 2.28. The molecule has 1 aromatic rings. The fourth-order valence-corrected chi connectivity index (χ4v) is 2.28. The molecule has 0 radical (unpaired) electrons. The maximum Gasteiger partial charge on any atom is 0.419 e. The molecule has 1 amide bonds. The van der Waals surface area contributed by atoms with Crippen LogP contribution in [0.15, 0.2) is 12.4 Å². The maximum absolute atomic E-state index is 12.6. The highest BCUT2D eigenvalue weighted by atomic mass is 19.4. The maximum atomic E-state index is 12.6. The van der Waals surface area contributed by atoms with E-state index in [9.17, 15) is 18.0 Å². The molecule has 0 aliphatic carbocycles. The van der Waals surface area contributed by atoms with Gasteiger partial charge in [0.1, 0.15) is 0 Å². The van der Waals surface area contributed by atoms with Crippen LogP contribution in [0.4, 0.5) is 13.2 Å². The van der Waals surface area contributed by atoms with E-state index < -0.39 is 29.2 Å². The number of nitrogens with zero attached hydrogens (tertiary/aromatic N) is 2. The van der Waals surface area contributed by atoms with E-state index in [0.717, 1.165) is 12.4 Å². The number of rotatable bonds is 6. The molecular weight excluding hydrogens is 285 g/mol. The molecule has 1 heterocycles. The number of amides is 1. The van der Waals surface area contributed by atoms with Crippen LogP contribution in [0.5, 0.6) is 0 Å². The first-order valence-electron chi connectivity index (χ1n) is 6.64. The van der Waals surface area contributed by atoms with Crippen LogP contribution in [-0.4, -0.2) is 27.3 Å². The molecule has 8 heteroatoms. The summed E-state index contributed by atoms with van der Waals surface area (Å²) in [6.07, 6.45) is -2.49. The monoisotopic (exact) mass is 306 g/mol. The molecule has 0 aliphatic rings. The van der Waals surface area contributed by atoms with E-state index in [-0.39, 0.29) is 12.5 Å². The second-order valence-electron chi connectivity index (χ2n) is 5.76. The summed E-state index contributed by atoms with van der Waals surface area (Å²) in [5.41, 5.74) is 3.58. The number of hydrogen-bond acceptors (Lipinski definition) is 3. The molecule has 0 aliphatic heterocycles. The number of alkyl halides is 3. The Balaban J connectivity index is 2.90. The van der Waals surface area contributed by atoms with Crippen LogP contribution in [0.25, 0.3) is 0 Å². The normalized spacial score (nSPS) is 16.8. The van der Waals surface area contributed by atoms with E-state index >= 15 is 0 Å². The molecule has 5 nitrogen and oxygen atoms in total. The fraction of sp³-hybridized carbons (Fsp3) is 0.692. The van der Waals surface area contributed by atoms with Crippen molar-refractivity contribution in [2.45, 2.75) is 57.9 Å². The highest BCUT2D eigenvalue weighted by molar-refractivity contribution is 5.84. The second kappa shape index (κ2) is 6.05. The van der Waals surface area contributed by atoms with E-state index in [1.54, 1.807) is 13.8 Å². The molecule has 3 N–H and O–H groups in total. The first kappa shape index (κ1) is 17.5. The molecule has 2 atom stereocenters. The predicted molar refractivity (Wildman–Crippen MR) is 72.4 cm³/mol. The number of primary amides is 1. The van der Waals surface area contributed by atoms with Crippen molar-refractivity contribution in [2.75, 3.05) is 0 Å². The minimum absolute atomic E-state index is 0.0121. The number of carbonyl (C=O) groups is 1. The highest BCUT2D eigenvalue weighted by Crippen LogP contribution is 2.30. The number of halogens is 3. The van der Waals surface area contributed by atoms with Gasteiger partial charge < -0.3 is 11.1 Å². The smallest absolute Gasteiger partial charge is 0.368 e. The third kappa shape index (κ3) is 4.45. The number of aromatic nitrogens is 2. The zero-order valence-electron chi connectivity index (χ0n) is 12.5. The molecule has 0 spiro atoms. The zero-order chi connectivity index (χ0) is 16.4. The van der Waals surface area contributed by atoms with Gasteiger partial charge in [0.25, 0.3) is 0 Å². The van der Waals surface area contributed by atoms with Crippen molar-refractivity contribution in [1.29, 1.82) is 0 Å². The van der Waals surface area contributed by atoms with Gasteiger partial charge in [-0.1, -0.05) is 0 Å². The van der Waals surface area contributed by atoms with Gasteiger partial charge in [-0.05, 0) is 34.1 Å². The van der Waals surface area contributed by atoms with Gasteiger partial charge in [-0.15, -0.1) is 0 Å². The van der Waals surface area contributed by atoms with Crippen molar-refractivity contribution in [1.82, 2.24) is 15.1 Å². The van der Waals surface area contributed by atoms with Crippen LogP contribution < -0.4 is 11.1 Å². The van der Waals surface area contributed by atoms with E-state index in [2.05, 4.69) is 10.4 Å². The molecule has 2 unspecified atom stereocenters. The summed E-state index contributed by atoms with van der Waals surface area (Å²) < 4.78 is 38.9. The Morgan fingerprint density at radius 1 is 1.43 bits per heavy atom. The number of nitrogens with two attached hydrogens (primary N) is 1. The molecule has 0 saturated carbocycles. The molecule has 0 saturated heterocycles. The van der Waals surface area contributed by atoms with Crippen molar-refractivity contribution in [3.8, 4) is 0 Å². The standard InChI is InChI=1S/C13H21F3N4O/c1-8(2)19-12(4,11(17)21)5-9(3)20-7-10(6-18-20)13(14,15)16/h6-9,19H,5H2,1-4H3,(H2,17,21). The average Bonchev–Trinajstić information content (AvgIpc) is 2.75. The Bertz CT molecular complexity index is 498. The Labute approximate surface area is 121 Å². The van der Waals surface area contributed by atoms with Crippen LogP contribution in [-0.2, 0) is 11.0 Å². The summed E-state index contributed by atoms with van der Waals surface area (Å²) in [5.74, 6) is -0.550. The summed E-state index contributed by atoms with van der Waals surface area (Å²) in [5, 5.41) is 6.78. The van der Waals surface area contributed by atoms with Gasteiger partial charge in [-0.25, -0.2) is 0 Å². The lowest BCUT2D eigenvalue weighted by Crippen LogP contribution is -2.56. The lowest BCUT2D eigenvalue weighted by atomic mass is 9.92. The lowest BCUT2D eigenvalue weighted by Gasteiger charge is -2.32. The van der Waals surface area contributed by atoms with Crippen LogP contribution >= 0.6 is 0 Å². The van der Waals surface area contributed by atoms with E-state index in [1.807, 2.05) is 13.8 Å². The lowest BCUT2D eigenvalue weighted by molar-refractivity contribution is -0.137. The summed E-state index contributed by atoms with van der Waals surface area (Å²) in [6, 6.07) is -0.400. The van der Waals surface area contributed by atoms with Crippen LogP contribution in [0, 0.1) is 0 Å². The first-order chi connectivity index (χ1) is 9.45. The van der Waals surface area contributed by atoms with Gasteiger partial charge >= 0.3 is 6.18 Å². The molecule has 1 aromatic heterocycles. The predicted octanol–water partition coefficient (Wildman–Crippen LogP) is 2.09. The largest absolute Gasteiger partial charge is 0.419 e. The summed E-state index contributed by atoms with van der Waals surface area (Å²) in [6.45, 7) is 7.05. The third-order valence-corrected chi connectivity index (χ3v) is 3.24. The summed E-state index contributed by atoms with van der Waals surface area (Å²) >= 11 is 0. The van der Waals surface area contributed by atoms with Gasteiger partial charge in [0.05, 0.1) is 23.3 Å². The van der Waals surface area contributed by atoms with Crippen molar-refractivity contribution in [3.05, 3.63) is 18.0 Å². The van der Waals surface area contributed by atoms with Gasteiger partial charge in [0.2, 0.25) is 5.91 Å². The molecule has 0 bridgehead atoms. The van der Waals surface area contributed by atoms with Crippen molar-refractivity contribution < 1.29 is 18.0 Å². The Morgan fingerprint density at radius 2 is 2.00 bits per heavy atom. The molecule has 0 fully saturated rings. The Morgan fingerprint density at radius 3 is 2.38 bits per heavy atom. The molecule has 0 aromatic carbocycles. The number of hydrogen-bond donors (Lipinski definition) is 2. The third-order valence-electron chi connectivity index (χ3n) is 3.24. The number of carbonyl (C=O) groups excluding carboxylic acids is 1. The minimum atomic E-state index is -4.43. The second-order valence-corrected chi connectivity index (χ2v) is 5.76. The van der Waals surface area contributed by atoms with E-state index in [0.29, 0.717) is 0 Å². The first-order valence-corrected chi connectivity index (χ1v) is 6.64. The quantitative estimate of drug-likeness (QED) is 0.845. The van der Waals surface area contributed by atoms with Crippen LogP contribution in [0.3, 0.4) is 0 Å². The van der Waals surface area contributed by atoms with Crippen molar-refractivity contribution in [3.63, 3.8) is 0 Å².